The van der Waals surface area contributed by atoms with E-state index in [1.54, 1.807) is 30.5 Å². The van der Waals surface area contributed by atoms with Crippen LogP contribution in [0.2, 0.25) is 0 Å². The second-order valence-corrected chi connectivity index (χ2v) is 11.8. The van der Waals surface area contributed by atoms with Gasteiger partial charge in [0.25, 0.3) is 0 Å². The summed E-state index contributed by atoms with van der Waals surface area (Å²) in [6.45, 7) is 0.0378. The molecule has 0 fully saturated rings. The van der Waals surface area contributed by atoms with Gasteiger partial charge >= 0.3 is 5.97 Å². The van der Waals surface area contributed by atoms with E-state index in [2.05, 4.69) is 25.3 Å². The zero-order valence-electron chi connectivity index (χ0n) is 25.5. The number of hydrogen-bond donors (Lipinski definition) is 3. The normalized spacial score (nSPS) is 15.3. The Morgan fingerprint density at radius 1 is 1.08 bits per heavy atom. The van der Waals surface area contributed by atoms with Crippen LogP contribution in [0.5, 0.6) is 11.5 Å². The van der Waals surface area contributed by atoms with Crippen molar-refractivity contribution >= 4 is 22.7 Å². The number of aromatic amines is 2. The number of carboxylic acid groups (broad SMARTS) is 1. The number of carbonyl (C=O) groups excluding carboxylic acids is 1. The third-order valence-corrected chi connectivity index (χ3v) is 8.63. The lowest BCUT2D eigenvalue weighted by Gasteiger charge is -2.18. The second kappa shape index (κ2) is 12.8. The van der Waals surface area contributed by atoms with E-state index in [4.69, 9.17) is 9.84 Å². The van der Waals surface area contributed by atoms with E-state index in [1.807, 2.05) is 0 Å². The van der Waals surface area contributed by atoms with Crippen molar-refractivity contribution in [2.75, 3.05) is 0 Å². The Morgan fingerprint density at radius 3 is 2.81 bits per heavy atom. The molecule has 3 aromatic heterocycles. The molecule has 48 heavy (non-hydrogen) atoms. The highest BCUT2D eigenvalue weighted by molar-refractivity contribution is 5.93. The number of aliphatic carboxylic acids is 1. The van der Waals surface area contributed by atoms with Crippen molar-refractivity contribution in [1.82, 2.24) is 29.9 Å². The molecule has 0 aliphatic carbocycles. The summed E-state index contributed by atoms with van der Waals surface area (Å²) in [5, 5.41) is 18.0. The summed E-state index contributed by atoms with van der Waals surface area (Å²) in [7, 11) is 0. The van der Waals surface area contributed by atoms with Gasteiger partial charge in [0, 0.05) is 59.4 Å². The molecule has 7 rings (SSSR count). The number of H-pyrrole nitrogens is 2. The van der Waals surface area contributed by atoms with Gasteiger partial charge in [-0.1, -0.05) is 29.8 Å². The van der Waals surface area contributed by atoms with Gasteiger partial charge in [-0.15, -0.1) is 5.10 Å². The molecule has 1 atom stereocenters. The van der Waals surface area contributed by atoms with Crippen molar-refractivity contribution in [3.63, 3.8) is 0 Å². The molecule has 0 spiro atoms. The first kappa shape index (κ1) is 30.9. The highest BCUT2D eigenvalue weighted by Gasteiger charge is 2.25. The molecule has 0 saturated heterocycles. The molecule has 1 aliphatic rings. The summed E-state index contributed by atoms with van der Waals surface area (Å²) < 4.78 is 54.3. The van der Waals surface area contributed by atoms with Gasteiger partial charge in [-0.25, -0.2) is 22.8 Å². The van der Waals surface area contributed by atoms with Crippen LogP contribution in [0.1, 0.15) is 70.9 Å². The molecule has 3 N–H and O–H groups in total. The van der Waals surface area contributed by atoms with Gasteiger partial charge < -0.3 is 19.8 Å². The molecule has 0 radical (unpaired) electrons. The molecule has 1 aliphatic heterocycles. The third-order valence-electron chi connectivity index (χ3n) is 8.63. The van der Waals surface area contributed by atoms with E-state index >= 15 is 13.2 Å². The average Bonchev–Trinajstić information content (AvgIpc) is 3.84. The lowest BCUT2D eigenvalue weighted by Crippen LogP contribution is -2.08. The maximum atomic E-state index is 15.9. The molecule has 6 aromatic rings. The van der Waals surface area contributed by atoms with Crippen molar-refractivity contribution in [3.8, 4) is 22.9 Å². The van der Waals surface area contributed by atoms with Gasteiger partial charge in [0.15, 0.2) is 17.3 Å². The molecule has 3 aromatic carbocycles. The first-order valence-corrected chi connectivity index (χ1v) is 15.5. The van der Waals surface area contributed by atoms with Crippen LogP contribution in [0.15, 0.2) is 67.1 Å². The third kappa shape index (κ3) is 6.06. The van der Waals surface area contributed by atoms with E-state index in [9.17, 15) is 9.59 Å². The fraction of sp³-hybridized carbons (Fsp3) is 0.229. The smallest absolute Gasteiger partial charge is 0.303 e. The molecule has 0 saturated carbocycles. The maximum absolute atomic E-state index is 15.9. The van der Waals surface area contributed by atoms with E-state index < -0.39 is 29.3 Å². The van der Waals surface area contributed by atoms with Gasteiger partial charge in [0.05, 0.1) is 18.3 Å². The second-order valence-electron chi connectivity index (χ2n) is 11.8. The largest absolute Gasteiger partial charge is 0.481 e. The molecular weight excluding hydrogens is 625 g/mol. The lowest BCUT2D eigenvalue weighted by atomic mass is 9.88. The van der Waals surface area contributed by atoms with Crippen LogP contribution in [0.25, 0.3) is 22.3 Å². The van der Waals surface area contributed by atoms with E-state index in [0.29, 0.717) is 47.0 Å². The first-order chi connectivity index (χ1) is 23.2. The van der Waals surface area contributed by atoms with Gasteiger partial charge in [0.1, 0.15) is 28.9 Å². The Balaban J connectivity index is 1.32. The number of nitrogens with zero attached hydrogens (tertiary/aromatic N) is 4. The number of rotatable bonds is 4. The number of carboxylic acids is 1. The predicted octanol–water partition coefficient (Wildman–Crippen LogP) is 7.31. The minimum Gasteiger partial charge on any atom is -0.481 e. The Kier molecular flexibility index (Phi) is 8.26. The minimum absolute atomic E-state index is 0.0163. The number of Topliss-reactive ketones (excluding diaryl/α,β-unsaturated/α-hetero) is 1. The van der Waals surface area contributed by atoms with Crippen molar-refractivity contribution in [2.45, 2.75) is 51.0 Å². The number of hydrogen-bond acceptors (Lipinski definition) is 6. The van der Waals surface area contributed by atoms with E-state index in [0.717, 1.165) is 0 Å². The molecule has 10 nitrogen and oxygen atoms in total. The zero-order chi connectivity index (χ0) is 33.4. The maximum Gasteiger partial charge on any atom is 0.303 e. The van der Waals surface area contributed by atoms with Crippen LogP contribution in [-0.4, -0.2) is 46.8 Å². The summed E-state index contributed by atoms with van der Waals surface area (Å²) in [6.07, 6.45) is 6.03. The van der Waals surface area contributed by atoms with Crippen LogP contribution in [-0.2, 0) is 17.8 Å². The summed E-state index contributed by atoms with van der Waals surface area (Å²) in [5.41, 5.74) is 2.29. The highest BCUT2D eigenvalue weighted by Crippen LogP contribution is 2.38. The lowest BCUT2D eigenvalue weighted by molar-refractivity contribution is -0.136. The van der Waals surface area contributed by atoms with Crippen LogP contribution < -0.4 is 4.74 Å². The number of aryl methyl sites for hydroxylation is 1. The quantitative estimate of drug-likeness (QED) is 0.181. The fourth-order valence-electron chi connectivity index (χ4n) is 6.22. The monoisotopic (exact) mass is 654 g/mol. The van der Waals surface area contributed by atoms with Crippen molar-refractivity contribution in [3.05, 3.63) is 113 Å². The van der Waals surface area contributed by atoms with Crippen LogP contribution in [0.3, 0.4) is 0 Å². The molecule has 0 amide bonds. The SMILES string of the molecule is O=C(O)CCc1cccc(C2CCCCC(=O)c3cn(nn3)Cc3c(c(F)cc4[nH]ccc34)Oc3ccc(F)c(c3)-c3ncc2[nH]3)c1F. The number of carbonyl (C=O) groups is 2. The zero-order valence-corrected chi connectivity index (χ0v) is 25.5. The van der Waals surface area contributed by atoms with Gasteiger partial charge in [0.2, 0.25) is 0 Å². The van der Waals surface area contributed by atoms with Crippen LogP contribution >= 0.6 is 0 Å². The molecule has 1 unspecified atom stereocenters. The first-order valence-electron chi connectivity index (χ1n) is 15.5. The van der Waals surface area contributed by atoms with Crippen LogP contribution in [0, 0.1) is 17.5 Å². The molecule has 6 bridgehead atoms. The molecule has 244 valence electrons. The van der Waals surface area contributed by atoms with E-state index in [-0.39, 0.29) is 65.7 Å². The van der Waals surface area contributed by atoms with E-state index in [1.165, 1.54) is 41.3 Å². The molecular formula is C35H29F3N6O4. The number of halogens is 3. The van der Waals surface area contributed by atoms with Crippen molar-refractivity contribution in [2.24, 2.45) is 0 Å². The Labute approximate surface area is 271 Å². The predicted molar refractivity (Wildman–Crippen MR) is 168 cm³/mol. The van der Waals surface area contributed by atoms with Gasteiger partial charge in [-0.3, -0.25) is 9.59 Å². The van der Waals surface area contributed by atoms with Crippen molar-refractivity contribution < 1.29 is 32.6 Å². The van der Waals surface area contributed by atoms with Gasteiger partial charge in [-0.2, -0.15) is 0 Å². The molecule has 4 heterocycles. The Morgan fingerprint density at radius 2 is 1.96 bits per heavy atom. The molecule has 13 heteroatoms. The Bertz CT molecular complexity index is 2170. The highest BCUT2D eigenvalue weighted by atomic mass is 19.1. The number of fused-ring (bicyclic) bond motifs is 10. The summed E-state index contributed by atoms with van der Waals surface area (Å²) in [5.74, 6) is -3.43. The number of aromatic nitrogens is 6. The number of nitrogens with one attached hydrogen (secondary N) is 2. The average molecular weight is 655 g/mol. The fourth-order valence-corrected chi connectivity index (χ4v) is 6.22. The standard InChI is InChI=1S/C35H29F3N6O4/c36-26-10-9-20-14-24(26)35-40-16-29(41-35)21(23-6-3-4-19(33(23)38)8-11-32(46)47)5-1-2-7-31(45)30-18-44(43-42-30)17-25-22-12-13-39-28(22)15-27(37)34(25)48-20/h3-4,6,9-10,12-16,18,21,39H,1-2,5,7-8,11,17H2,(H,40,41)(H,46,47). The number of benzene rings is 3. The summed E-state index contributed by atoms with van der Waals surface area (Å²) >= 11 is 0. The number of ether oxygens (including phenoxy) is 1. The number of ketones is 1. The van der Waals surface area contributed by atoms with Gasteiger partial charge in [-0.05, 0) is 54.7 Å². The summed E-state index contributed by atoms with van der Waals surface area (Å²) in [4.78, 5) is 34.8. The number of imidazole rings is 1. The Hall–Kier alpha value is -5.72. The topological polar surface area (TPSA) is 139 Å². The van der Waals surface area contributed by atoms with Crippen molar-refractivity contribution in [1.29, 1.82) is 0 Å². The minimum atomic E-state index is -1.04. The van der Waals surface area contributed by atoms with Crippen LogP contribution in [0.4, 0.5) is 13.2 Å². The summed E-state index contributed by atoms with van der Waals surface area (Å²) in [6, 6.07) is 11.9.